The van der Waals surface area contributed by atoms with Crippen molar-refractivity contribution in [3.8, 4) is 22.4 Å². The van der Waals surface area contributed by atoms with Gasteiger partial charge in [0.15, 0.2) is 0 Å². The number of para-hydroxylation sites is 2. The van der Waals surface area contributed by atoms with Crippen LogP contribution in [0.15, 0.2) is 108 Å². The SMILES string of the molecule is Cc1cc2c(cc1-c1ccc3c(n1)C1=C(CCC=N1)C3(C)C)C(C)(C)c1cc(N(c3ccccc3)c3ccccc3)c(C)cc1-2. The molecule has 0 saturated heterocycles. The van der Waals surface area contributed by atoms with Crippen LogP contribution in [-0.2, 0) is 10.8 Å². The quantitative estimate of drug-likeness (QED) is 0.210. The third kappa shape index (κ3) is 4.10. The van der Waals surface area contributed by atoms with E-state index in [0.717, 1.165) is 41.3 Å². The Kier molecular flexibility index (Phi) is 6.09. The molecule has 0 spiro atoms. The van der Waals surface area contributed by atoms with Crippen molar-refractivity contribution in [1.29, 1.82) is 0 Å². The Labute approximate surface area is 267 Å². The number of aliphatic imine (C=N–C) groups is 1. The van der Waals surface area contributed by atoms with Gasteiger partial charge in [-0.2, -0.15) is 0 Å². The van der Waals surface area contributed by atoms with Crippen LogP contribution in [0.5, 0.6) is 0 Å². The molecule has 1 aliphatic heterocycles. The lowest BCUT2D eigenvalue weighted by atomic mass is 9.79. The zero-order valence-electron chi connectivity index (χ0n) is 27.1. The summed E-state index contributed by atoms with van der Waals surface area (Å²) in [6.07, 6.45) is 4.14. The lowest BCUT2D eigenvalue weighted by molar-refractivity contribution is 0.609. The van der Waals surface area contributed by atoms with Crippen molar-refractivity contribution in [2.75, 3.05) is 4.90 Å². The molecule has 3 aliphatic rings. The van der Waals surface area contributed by atoms with Crippen LogP contribution in [0.2, 0.25) is 0 Å². The fourth-order valence-corrected chi connectivity index (χ4v) is 7.96. The van der Waals surface area contributed by atoms with Crippen LogP contribution >= 0.6 is 0 Å². The summed E-state index contributed by atoms with van der Waals surface area (Å²) in [6.45, 7) is 13.9. The second-order valence-corrected chi connectivity index (χ2v) is 13.9. The van der Waals surface area contributed by atoms with Gasteiger partial charge in [-0.1, -0.05) is 76.2 Å². The Morgan fingerprint density at radius 2 is 1.24 bits per heavy atom. The monoisotopic (exact) mass is 585 g/mol. The summed E-state index contributed by atoms with van der Waals surface area (Å²) < 4.78 is 0. The first-order chi connectivity index (χ1) is 21.7. The van der Waals surface area contributed by atoms with Crippen molar-refractivity contribution in [1.82, 2.24) is 4.98 Å². The van der Waals surface area contributed by atoms with Crippen LogP contribution in [0, 0.1) is 13.8 Å². The number of anilines is 3. The van der Waals surface area contributed by atoms with Crippen LogP contribution in [0.1, 0.15) is 74.0 Å². The Morgan fingerprint density at radius 1 is 0.622 bits per heavy atom. The number of aryl methyl sites for hydroxylation is 2. The Morgan fingerprint density at radius 3 is 1.91 bits per heavy atom. The third-order valence-electron chi connectivity index (χ3n) is 10.5. The molecule has 3 heteroatoms. The molecule has 222 valence electrons. The van der Waals surface area contributed by atoms with E-state index in [1.807, 2.05) is 0 Å². The Hall–Kier alpha value is -4.76. The fourth-order valence-electron chi connectivity index (χ4n) is 7.96. The molecule has 1 aromatic heterocycles. The third-order valence-corrected chi connectivity index (χ3v) is 10.5. The van der Waals surface area contributed by atoms with Gasteiger partial charge in [0.25, 0.3) is 0 Å². The van der Waals surface area contributed by atoms with Gasteiger partial charge >= 0.3 is 0 Å². The van der Waals surface area contributed by atoms with Crippen LogP contribution in [-0.4, -0.2) is 11.2 Å². The number of aromatic nitrogens is 1. The molecule has 0 fully saturated rings. The summed E-state index contributed by atoms with van der Waals surface area (Å²) in [6, 6.07) is 35.6. The average Bonchev–Trinajstić information content (AvgIpc) is 3.40. The summed E-state index contributed by atoms with van der Waals surface area (Å²) in [4.78, 5) is 12.6. The maximum atomic E-state index is 5.33. The number of hydrogen-bond donors (Lipinski definition) is 0. The van der Waals surface area contributed by atoms with Crippen LogP contribution in [0.3, 0.4) is 0 Å². The van der Waals surface area contributed by atoms with Gasteiger partial charge in [-0.25, -0.2) is 4.98 Å². The molecule has 0 bridgehead atoms. The molecule has 0 atom stereocenters. The normalized spacial score (nSPS) is 16.7. The number of rotatable bonds is 4. The number of fused-ring (bicyclic) bond motifs is 5. The predicted octanol–water partition coefficient (Wildman–Crippen LogP) is 11.0. The van der Waals surface area contributed by atoms with Crippen LogP contribution in [0.25, 0.3) is 28.1 Å². The molecule has 45 heavy (non-hydrogen) atoms. The second-order valence-electron chi connectivity index (χ2n) is 13.9. The van der Waals surface area contributed by atoms with Crippen molar-refractivity contribution in [2.45, 2.75) is 65.2 Å². The standard InChI is InChI=1S/C42H39N3/c1-26-22-31-32-23-27(2)38(45(28-14-9-7-10-15-28)29-16-11-8-12-17-29)25-36(32)42(5,6)35(31)24-30(26)37-20-19-34-40(44-37)39-33(41(34,3)4)18-13-21-43-39/h7-12,14-17,19-25H,13,18H2,1-6H3. The molecule has 2 heterocycles. The highest BCUT2D eigenvalue weighted by Gasteiger charge is 2.40. The Balaban J connectivity index is 1.25. The van der Waals surface area contributed by atoms with Gasteiger partial charge in [0.1, 0.15) is 0 Å². The minimum atomic E-state index is -0.170. The summed E-state index contributed by atoms with van der Waals surface area (Å²) >= 11 is 0. The van der Waals surface area contributed by atoms with Crippen molar-refractivity contribution in [3.05, 3.63) is 136 Å². The first-order valence-electron chi connectivity index (χ1n) is 16.2. The summed E-state index contributed by atoms with van der Waals surface area (Å²) in [5, 5.41) is 0. The van der Waals surface area contributed by atoms with E-state index in [9.17, 15) is 0 Å². The van der Waals surface area contributed by atoms with E-state index in [2.05, 4.69) is 150 Å². The highest BCUT2D eigenvalue weighted by molar-refractivity contribution is 5.90. The molecule has 0 N–H and O–H groups in total. The molecule has 4 aromatic carbocycles. The van der Waals surface area contributed by atoms with Gasteiger partial charge in [-0.05, 0) is 120 Å². The average molecular weight is 586 g/mol. The minimum absolute atomic E-state index is 0.0203. The number of pyridine rings is 1. The van der Waals surface area contributed by atoms with Gasteiger partial charge in [0.2, 0.25) is 0 Å². The molecule has 0 amide bonds. The van der Waals surface area contributed by atoms with Crippen LogP contribution in [0.4, 0.5) is 17.1 Å². The summed E-state index contributed by atoms with van der Waals surface area (Å²) in [5.74, 6) is 0. The predicted molar refractivity (Wildman–Crippen MR) is 189 cm³/mol. The minimum Gasteiger partial charge on any atom is -0.310 e. The number of nitrogens with zero attached hydrogens (tertiary/aromatic N) is 3. The molecular formula is C42H39N3. The maximum absolute atomic E-state index is 5.33. The van der Waals surface area contributed by atoms with Crippen molar-refractivity contribution in [3.63, 3.8) is 0 Å². The topological polar surface area (TPSA) is 28.5 Å². The molecule has 5 aromatic rings. The Bertz CT molecular complexity index is 2020. The lowest BCUT2D eigenvalue weighted by Gasteiger charge is -2.29. The van der Waals surface area contributed by atoms with E-state index < -0.39 is 0 Å². The molecule has 0 saturated carbocycles. The zero-order valence-corrected chi connectivity index (χ0v) is 27.1. The van der Waals surface area contributed by atoms with Gasteiger partial charge in [0.05, 0.1) is 17.1 Å². The summed E-state index contributed by atoms with van der Waals surface area (Å²) in [5.41, 5.74) is 18.4. The van der Waals surface area contributed by atoms with Gasteiger partial charge < -0.3 is 4.90 Å². The highest BCUT2D eigenvalue weighted by Crippen LogP contribution is 2.54. The van der Waals surface area contributed by atoms with Crippen molar-refractivity contribution >= 4 is 29.0 Å². The van der Waals surface area contributed by atoms with Crippen molar-refractivity contribution in [2.24, 2.45) is 4.99 Å². The van der Waals surface area contributed by atoms with E-state index >= 15 is 0 Å². The number of benzene rings is 4. The molecule has 3 nitrogen and oxygen atoms in total. The van der Waals surface area contributed by atoms with E-state index in [0.29, 0.717) is 0 Å². The highest BCUT2D eigenvalue weighted by atomic mass is 15.1. The summed E-state index contributed by atoms with van der Waals surface area (Å²) in [7, 11) is 0. The van der Waals surface area contributed by atoms with E-state index in [4.69, 9.17) is 9.98 Å². The number of hydrogen-bond acceptors (Lipinski definition) is 3. The van der Waals surface area contributed by atoms with E-state index in [1.54, 1.807) is 0 Å². The van der Waals surface area contributed by atoms with Crippen molar-refractivity contribution < 1.29 is 0 Å². The van der Waals surface area contributed by atoms with Gasteiger partial charge in [-0.3, -0.25) is 4.99 Å². The van der Waals surface area contributed by atoms with Crippen LogP contribution < -0.4 is 4.90 Å². The molecule has 8 rings (SSSR count). The first kappa shape index (κ1) is 27.8. The smallest absolute Gasteiger partial charge is 0.0934 e. The van der Waals surface area contributed by atoms with Gasteiger partial charge in [-0.15, -0.1) is 0 Å². The molecule has 0 unspecified atom stereocenters. The molecular weight excluding hydrogens is 546 g/mol. The van der Waals surface area contributed by atoms with Gasteiger partial charge in [0, 0.05) is 39.7 Å². The molecule has 0 radical (unpaired) electrons. The van der Waals surface area contributed by atoms with E-state index in [-0.39, 0.29) is 10.8 Å². The maximum Gasteiger partial charge on any atom is 0.0934 e. The lowest BCUT2D eigenvalue weighted by Crippen LogP contribution is -2.18. The first-order valence-corrected chi connectivity index (χ1v) is 16.2. The number of allylic oxidation sites excluding steroid dienone is 1. The second kappa shape index (κ2) is 9.87. The van der Waals surface area contributed by atoms with E-state index in [1.165, 1.54) is 55.8 Å². The zero-order chi connectivity index (χ0) is 31.1. The largest absolute Gasteiger partial charge is 0.310 e. The molecule has 2 aliphatic carbocycles. The fraction of sp³-hybridized carbons (Fsp3) is 0.238.